The molecule has 9 heterocycles. The second-order valence-electron chi connectivity index (χ2n) is 29.6. The predicted octanol–water partition coefficient (Wildman–Crippen LogP) is -18.8. The Labute approximate surface area is 657 Å². The molecule has 0 saturated carbocycles. The summed E-state index contributed by atoms with van der Waals surface area (Å²) in [5.74, 6) is -9.21. The normalized spacial score (nSPS) is 48.2. The third-order valence-corrected chi connectivity index (χ3v) is 21.3. The molecule has 4 amide bonds. The van der Waals surface area contributed by atoms with Gasteiger partial charge in [-0.3, -0.25) is 19.2 Å². The van der Waals surface area contributed by atoms with Crippen molar-refractivity contribution in [3.05, 3.63) is 0 Å². The maximum Gasteiger partial charge on any atom is 0.364 e. The molecule has 9 rings (SSSR count). The van der Waals surface area contributed by atoms with Crippen LogP contribution in [0.5, 0.6) is 0 Å². The van der Waals surface area contributed by atoms with E-state index in [-0.39, 0.29) is 0 Å². The van der Waals surface area contributed by atoms with Crippen molar-refractivity contribution in [2.45, 2.75) is 330 Å². The van der Waals surface area contributed by atoms with Crippen LogP contribution in [0.25, 0.3) is 0 Å². The van der Waals surface area contributed by atoms with Gasteiger partial charge in [0.15, 0.2) is 50.3 Å². The van der Waals surface area contributed by atoms with E-state index in [9.17, 15) is 152 Å². The molecule has 9 saturated heterocycles. The summed E-state index contributed by atoms with van der Waals surface area (Å²) in [4.78, 5) is 64.9. The summed E-state index contributed by atoms with van der Waals surface area (Å²) in [5, 5.41) is 287. The largest absolute Gasteiger partial charge is 0.477 e. The number of carboxylic acids is 1. The van der Waals surface area contributed by atoms with Crippen molar-refractivity contribution in [1.29, 1.82) is 0 Å². The van der Waals surface area contributed by atoms with Crippen LogP contribution in [0, 0.1) is 0 Å². The molecule has 51 nitrogen and oxygen atoms in total. The van der Waals surface area contributed by atoms with Crippen LogP contribution in [0.15, 0.2) is 0 Å². The summed E-state index contributed by atoms with van der Waals surface area (Å²) in [6.07, 6.45) is -85.8. The van der Waals surface area contributed by atoms with Gasteiger partial charge in [-0.1, -0.05) is 0 Å². The molecular formula is C65H108N4O47. The van der Waals surface area contributed by atoms with E-state index in [1.54, 1.807) is 0 Å². The van der Waals surface area contributed by atoms with Crippen LogP contribution in [-0.4, -0.2) is 485 Å². The number of nitrogens with one attached hydrogen (secondary N) is 4. The topological polar surface area (TPSA) is 796 Å². The number of carboxylic acid groups (broad SMARTS) is 1. The highest BCUT2D eigenvalue weighted by Gasteiger charge is 2.63. The Morgan fingerprint density at radius 3 is 1.29 bits per heavy atom. The van der Waals surface area contributed by atoms with Crippen molar-refractivity contribution in [2.75, 3.05) is 46.2 Å². The molecule has 0 aromatic carbocycles. The van der Waals surface area contributed by atoms with Gasteiger partial charge < -0.3 is 229 Å². The average molecular weight is 1700 g/mol. The fourth-order valence-corrected chi connectivity index (χ4v) is 15.0. The molecule has 9 aliphatic heterocycles. The standard InChI is InChI=1S/C65H108N4O47/c1-15-33(82)41(90)44(93)59(101-15)112-52-32(69-20(6)79)57(107-27(13-75)49(52)110-62-47(96)54(38(87)25(11-73)105-62)116-65(64(98)99)7-21(80)29(66-17(3)76)51(115-65)35(84)22(81)8-70)100-14-28-39(88)50(31(56(97)103-28)68-19(5)78)111-61-46(95)53(37(86)24(10-72)104-61)113-58-30(67-18(4)77)40(89)48(26(12-74)108-58)109-63-55(43(92)36(85)23(9-71)106-63)114-60-45(94)42(91)34(83)16(2)102-60/h15-16,21-63,70-75,80-97H,7-14H2,1-6H3,(H,66,76)(H,67,77)(H,68,78)(H,69,79)(H,98,99)/t15-,16-,21-,22+,23+,24+,25+,26+,27+,28+,29+,30+,31+,32+,33+,34+,35+,36-,37-,38-,39-,40+,41+,42+,43-,44-,45-,46+,47+,48+,49+,50+,51+,52+,53-,54-,55+,56-,57+,58-,59-,60-,61-,62-,63-,65-/m0/s1. The zero-order chi connectivity index (χ0) is 85.9. The molecule has 9 fully saturated rings. The highest BCUT2D eigenvalue weighted by molar-refractivity contribution is 5.77. The van der Waals surface area contributed by atoms with Gasteiger partial charge in [0.1, 0.15) is 201 Å². The molecule has 51 heteroatoms. The van der Waals surface area contributed by atoms with Crippen LogP contribution in [0.1, 0.15) is 48.0 Å². The Balaban J connectivity index is 0.975. The van der Waals surface area contributed by atoms with Crippen LogP contribution in [-0.2, 0) is 104 Å². The Morgan fingerprint density at radius 2 is 0.776 bits per heavy atom. The molecule has 0 aromatic rings. The molecule has 0 unspecified atom stereocenters. The molecular weight excluding hydrogens is 1590 g/mol. The van der Waals surface area contributed by atoms with Gasteiger partial charge in [0.05, 0.1) is 70.6 Å². The van der Waals surface area contributed by atoms with E-state index in [1.165, 1.54) is 13.8 Å². The Bertz CT molecular complexity index is 3170. The van der Waals surface area contributed by atoms with Crippen molar-refractivity contribution >= 4 is 29.6 Å². The number of amides is 4. The zero-order valence-corrected chi connectivity index (χ0v) is 62.8. The monoisotopic (exact) mass is 1700 g/mol. The van der Waals surface area contributed by atoms with Crippen LogP contribution in [0.4, 0.5) is 0 Å². The van der Waals surface area contributed by atoms with Crippen molar-refractivity contribution < 1.29 is 232 Å². The summed E-state index contributed by atoms with van der Waals surface area (Å²) < 4.78 is 101. The molecule has 29 N–H and O–H groups in total. The van der Waals surface area contributed by atoms with Gasteiger partial charge in [0.25, 0.3) is 5.79 Å². The number of hydrogen-bond donors (Lipinski definition) is 29. The third kappa shape index (κ3) is 20.8. The molecule has 0 radical (unpaired) electrons. The van der Waals surface area contributed by atoms with E-state index in [0.717, 1.165) is 27.7 Å². The summed E-state index contributed by atoms with van der Waals surface area (Å²) in [5.41, 5.74) is 0. The van der Waals surface area contributed by atoms with Crippen LogP contribution >= 0.6 is 0 Å². The first kappa shape index (κ1) is 95.5. The Morgan fingerprint density at radius 1 is 0.371 bits per heavy atom. The van der Waals surface area contributed by atoms with Crippen molar-refractivity contribution in [2.24, 2.45) is 0 Å². The lowest BCUT2D eigenvalue weighted by Gasteiger charge is -2.52. The SMILES string of the molecule is CC(=O)N[C@@H]1[C@@H](O[C@@H]2O[C@H](CO)[C@H](O)[C@H](O[C@@H]3O[C@H](CO)[C@@H](O[C@@H]4O[C@H](CO)[C@H](O)[C@H](O)[C@H]4O[C@@H]4O[C@@H](C)[C@@H](O)[C@@H](O)[C@@H]4O)[C@H](O)[C@H]3NC(C)=O)[C@H]2O)[C@@H](O)[C@@H](CO[C@@H]2O[C@H](CO)[C@@H](O[C@@H]3O[C@H](CO)[C@H](O)[C@H](O[C@]4(C(=O)O)C[C@H](O)[C@@H](NC(C)=O)[C@H]([C@H](O)[C@H](O)CO)O4)[C@H]3O)[C@H](O[C@@H]3O[C@@H](C)[C@@H](O)[C@@H](O)[C@@H]3O)[C@H]2NC(C)=O)O[C@@H]1O. The average Bonchev–Trinajstić information content (AvgIpc) is 0.743. The van der Waals surface area contributed by atoms with E-state index in [4.69, 9.17) is 80.5 Å². The van der Waals surface area contributed by atoms with E-state index in [0.29, 0.717) is 0 Å². The highest BCUT2D eigenvalue weighted by Crippen LogP contribution is 2.42. The van der Waals surface area contributed by atoms with Crippen molar-refractivity contribution in [1.82, 2.24) is 21.3 Å². The highest BCUT2D eigenvalue weighted by atomic mass is 16.8. The second-order valence-corrected chi connectivity index (χ2v) is 29.6. The summed E-state index contributed by atoms with van der Waals surface area (Å²) >= 11 is 0. The second kappa shape index (κ2) is 40.8. The fourth-order valence-electron chi connectivity index (χ4n) is 15.0. The lowest BCUT2D eigenvalue weighted by atomic mass is 9.88. The van der Waals surface area contributed by atoms with E-state index in [1.807, 2.05) is 0 Å². The quantitative estimate of drug-likeness (QED) is 0.0318. The van der Waals surface area contributed by atoms with Gasteiger partial charge in [0.2, 0.25) is 23.6 Å². The number of ether oxygens (including phenoxy) is 17. The molecule has 0 aromatic heterocycles. The number of rotatable bonds is 30. The molecule has 670 valence electrons. The molecule has 0 bridgehead atoms. The van der Waals surface area contributed by atoms with Crippen LogP contribution in [0.2, 0.25) is 0 Å². The fraction of sp³-hybridized carbons (Fsp3) is 0.923. The first-order valence-electron chi connectivity index (χ1n) is 37.0. The maximum atomic E-state index is 13.4. The lowest BCUT2D eigenvalue weighted by Crippen LogP contribution is -2.71. The first-order valence-corrected chi connectivity index (χ1v) is 37.0. The van der Waals surface area contributed by atoms with Crippen LogP contribution < -0.4 is 21.3 Å². The van der Waals surface area contributed by atoms with E-state index in [2.05, 4.69) is 21.3 Å². The van der Waals surface area contributed by atoms with Gasteiger partial charge in [-0.15, -0.1) is 0 Å². The van der Waals surface area contributed by atoms with E-state index >= 15 is 0 Å². The number of aliphatic carboxylic acids is 1. The maximum absolute atomic E-state index is 13.4. The number of carbonyl (C=O) groups excluding carboxylic acids is 4. The molecule has 46 atom stereocenters. The minimum absolute atomic E-state index is 0.875. The molecule has 116 heavy (non-hydrogen) atoms. The Kier molecular flexibility index (Phi) is 33.6. The summed E-state index contributed by atoms with van der Waals surface area (Å²) in [7, 11) is 0. The summed E-state index contributed by atoms with van der Waals surface area (Å²) in [6.45, 7) is -1.79. The zero-order valence-electron chi connectivity index (χ0n) is 62.8. The predicted molar refractivity (Wildman–Crippen MR) is 358 cm³/mol. The molecule has 0 aliphatic carbocycles. The third-order valence-electron chi connectivity index (χ3n) is 21.3. The lowest BCUT2D eigenvalue weighted by molar-refractivity contribution is -0.393. The molecule has 0 spiro atoms. The van der Waals surface area contributed by atoms with Crippen LogP contribution in [0.3, 0.4) is 0 Å². The number of carbonyl (C=O) groups is 5. The molecule has 9 aliphatic rings. The summed E-state index contributed by atoms with van der Waals surface area (Å²) in [6, 6.07) is -7.56. The van der Waals surface area contributed by atoms with Gasteiger partial charge in [-0.05, 0) is 13.8 Å². The first-order chi connectivity index (χ1) is 54.6. The Hall–Kier alpha value is -4.29. The van der Waals surface area contributed by atoms with Gasteiger partial charge >= 0.3 is 5.97 Å². The number of aliphatic hydroxyl groups excluding tert-OH is 24. The van der Waals surface area contributed by atoms with Gasteiger partial charge in [0, 0.05) is 34.1 Å². The van der Waals surface area contributed by atoms with Gasteiger partial charge in [-0.25, -0.2) is 4.79 Å². The smallest absolute Gasteiger partial charge is 0.364 e. The minimum Gasteiger partial charge on any atom is -0.477 e. The van der Waals surface area contributed by atoms with Crippen molar-refractivity contribution in [3.8, 4) is 0 Å². The number of aliphatic hydroxyl groups is 24. The number of hydrogen-bond acceptors (Lipinski definition) is 46. The van der Waals surface area contributed by atoms with Crippen molar-refractivity contribution in [3.63, 3.8) is 0 Å². The minimum atomic E-state index is -3.31. The van der Waals surface area contributed by atoms with Gasteiger partial charge in [-0.2, -0.15) is 0 Å². The van der Waals surface area contributed by atoms with E-state index < -0.39 is 364 Å².